The third kappa shape index (κ3) is 4.09. The van der Waals surface area contributed by atoms with Crippen molar-refractivity contribution in [3.63, 3.8) is 0 Å². The summed E-state index contributed by atoms with van der Waals surface area (Å²) in [4.78, 5) is 33.8. The molecule has 0 atom stereocenters. The number of nitrogens with two attached hydrogens (primary N) is 1. The zero-order valence-electron chi connectivity index (χ0n) is 14.5. The molecule has 142 valence electrons. The Hall–Kier alpha value is -2.91. The highest BCUT2D eigenvalue weighted by Gasteiger charge is 2.24. The van der Waals surface area contributed by atoms with Crippen LogP contribution in [0.4, 0.5) is 5.95 Å². The predicted molar refractivity (Wildman–Crippen MR) is 97.0 cm³/mol. The largest absolute Gasteiger partial charge is 0.497 e. The van der Waals surface area contributed by atoms with Crippen LogP contribution < -0.4 is 20.1 Å². The monoisotopic (exact) mass is 392 g/mol. The summed E-state index contributed by atoms with van der Waals surface area (Å²) >= 11 is 6.14. The minimum atomic E-state index is -0.857. The maximum atomic E-state index is 12.0. The molecule has 1 aromatic heterocycles. The van der Waals surface area contributed by atoms with Crippen molar-refractivity contribution in [2.75, 3.05) is 38.3 Å². The van der Waals surface area contributed by atoms with E-state index in [9.17, 15) is 9.59 Å². The van der Waals surface area contributed by atoms with E-state index in [0.29, 0.717) is 38.3 Å². The average molecular weight is 393 g/mol. The molecule has 1 fully saturated rings. The number of aldehydes is 1. The van der Waals surface area contributed by atoms with Gasteiger partial charge in [0.25, 0.3) is 5.91 Å². The topological polar surface area (TPSA) is 117 Å². The Balaban J connectivity index is 2.06. The fourth-order valence-corrected chi connectivity index (χ4v) is 2.66. The van der Waals surface area contributed by atoms with Crippen LogP contribution in [0.15, 0.2) is 18.2 Å². The summed E-state index contributed by atoms with van der Waals surface area (Å²) in [7, 11) is 1.49. The lowest BCUT2D eigenvalue weighted by molar-refractivity contribution is 0.0992. The van der Waals surface area contributed by atoms with Gasteiger partial charge in [-0.15, -0.1) is 0 Å². The molecule has 1 aromatic carbocycles. The molecule has 2 heterocycles. The highest BCUT2D eigenvalue weighted by Crippen LogP contribution is 2.35. The maximum absolute atomic E-state index is 12.0. The van der Waals surface area contributed by atoms with Gasteiger partial charge in [0.1, 0.15) is 11.5 Å². The standard InChI is InChI=1S/C17H17ClN4O5/c1-25-10-2-3-11(18)13(8-10)27-15-12(9-23)20-17(21-14(15)16(19)24)22-4-6-26-7-5-22/h2-3,8-9H,4-7H2,1H3,(H2,19,24). The van der Waals surface area contributed by atoms with E-state index in [0.717, 1.165) is 0 Å². The number of halogens is 1. The van der Waals surface area contributed by atoms with Gasteiger partial charge in [-0.2, -0.15) is 0 Å². The molecule has 0 unspecified atom stereocenters. The Kier molecular flexibility index (Phi) is 5.72. The minimum absolute atomic E-state index is 0.112. The first-order valence-electron chi connectivity index (χ1n) is 8.04. The second kappa shape index (κ2) is 8.19. The summed E-state index contributed by atoms with van der Waals surface area (Å²) in [6.45, 7) is 2.03. The summed E-state index contributed by atoms with van der Waals surface area (Å²) in [6, 6.07) is 4.71. The molecule has 2 aromatic rings. The number of rotatable bonds is 6. The molecule has 27 heavy (non-hydrogen) atoms. The number of ether oxygens (including phenoxy) is 3. The van der Waals surface area contributed by atoms with Crippen LogP contribution in [0.5, 0.6) is 17.2 Å². The van der Waals surface area contributed by atoms with Gasteiger partial charge in [0.2, 0.25) is 5.95 Å². The molecular weight excluding hydrogens is 376 g/mol. The van der Waals surface area contributed by atoms with Gasteiger partial charge in [0.15, 0.2) is 23.4 Å². The van der Waals surface area contributed by atoms with Crippen LogP contribution in [-0.4, -0.2) is 55.6 Å². The van der Waals surface area contributed by atoms with Crippen molar-refractivity contribution in [3.8, 4) is 17.2 Å². The predicted octanol–water partition coefficient (Wildman–Crippen LogP) is 1.68. The minimum Gasteiger partial charge on any atom is -0.497 e. The molecule has 1 aliphatic rings. The van der Waals surface area contributed by atoms with E-state index in [2.05, 4.69) is 9.97 Å². The third-order valence-electron chi connectivity index (χ3n) is 3.87. The molecule has 10 heteroatoms. The molecule has 3 rings (SSSR count). The van der Waals surface area contributed by atoms with Gasteiger partial charge < -0.3 is 24.8 Å². The van der Waals surface area contributed by atoms with Gasteiger partial charge in [-0.05, 0) is 12.1 Å². The number of aromatic nitrogens is 2. The van der Waals surface area contributed by atoms with Gasteiger partial charge in [-0.1, -0.05) is 11.6 Å². The van der Waals surface area contributed by atoms with E-state index >= 15 is 0 Å². The molecule has 1 saturated heterocycles. The van der Waals surface area contributed by atoms with Crippen molar-refractivity contribution in [3.05, 3.63) is 34.6 Å². The van der Waals surface area contributed by atoms with Gasteiger partial charge in [-0.25, -0.2) is 9.97 Å². The van der Waals surface area contributed by atoms with E-state index in [4.69, 9.17) is 31.5 Å². The number of carbonyl (C=O) groups is 2. The first-order valence-corrected chi connectivity index (χ1v) is 8.42. The summed E-state index contributed by atoms with van der Waals surface area (Å²) in [5, 5.41) is 0.250. The number of benzene rings is 1. The molecule has 1 amide bonds. The molecule has 1 aliphatic heterocycles. The van der Waals surface area contributed by atoms with E-state index in [-0.39, 0.29) is 33.9 Å². The molecule has 2 N–H and O–H groups in total. The second-order valence-corrected chi connectivity index (χ2v) is 5.97. The SMILES string of the molecule is COc1ccc(Cl)c(Oc2c(C=O)nc(N3CCOCC3)nc2C(N)=O)c1. The lowest BCUT2D eigenvalue weighted by atomic mass is 10.2. The number of carbonyl (C=O) groups excluding carboxylic acids is 2. The number of anilines is 1. The number of amides is 1. The molecule has 9 nitrogen and oxygen atoms in total. The molecule has 0 radical (unpaired) electrons. The molecule has 0 spiro atoms. The van der Waals surface area contributed by atoms with E-state index < -0.39 is 5.91 Å². The van der Waals surface area contributed by atoms with Crippen LogP contribution in [0.1, 0.15) is 21.0 Å². The number of hydrogen-bond donors (Lipinski definition) is 1. The maximum Gasteiger partial charge on any atom is 0.271 e. The van der Waals surface area contributed by atoms with Crippen LogP contribution in [0.25, 0.3) is 0 Å². The van der Waals surface area contributed by atoms with Crippen LogP contribution in [0.3, 0.4) is 0 Å². The summed E-state index contributed by atoms with van der Waals surface area (Å²) in [5.74, 6) is -0.162. The zero-order chi connectivity index (χ0) is 19.4. The molecule has 0 saturated carbocycles. The van der Waals surface area contributed by atoms with Crippen LogP contribution >= 0.6 is 11.6 Å². The van der Waals surface area contributed by atoms with Crippen LogP contribution in [-0.2, 0) is 4.74 Å². The summed E-state index contributed by atoms with van der Waals surface area (Å²) in [6.07, 6.45) is 0.474. The fourth-order valence-electron chi connectivity index (χ4n) is 2.51. The number of methoxy groups -OCH3 is 1. The van der Waals surface area contributed by atoms with Gasteiger partial charge in [0, 0.05) is 19.2 Å². The highest BCUT2D eigenvalue weighted by atomic mass is 35.5. The van der Waals surface area contributed by atoms with Crippen LogP contribution in [0.2, 0.25) is 5.02 Å². The van der Waals surface area contributed by atoms with Crippen LogP contribution in [0, 0.1) is 0 Å². The highest BCUT2D eigenvalue weighted by molar-refractivity contribution is 6.32. The molecule has 0 bridgehead atoms. The number of hydrogen-bond acceptors (Lipinski definition) is 8. The Bertz CT molecular complexity index is 871. The van der Waals surface area contributed by atoms with E-state index in [1.54, 1.807) is 17.0 Å². The number of morpholine rings is 1. The van der Waals surface area contributed by atoms with Gasteiger partial charge >= 0.3 is 0 Å². The quantitative estimate of drug-likeness (QED) is 0.738. The fraction of sp³-hybridized carbons (Fsp3) is 0.294. The van der Waals surface area contributed by atoms with Crippen molar-refractivity contribution < 1.29 is 23.8 Å². The van der Waals surface area contributed by atoms with Crippen molar-refractivity contribution in [1.29, 1.82) is 0 Å². The van der Waals surface area contributed by atoms with Crippen molar-refractivity contribution in [1.82, 2.24) is 9.97 Å². The first kappa shape index (κ1) is 18.9. The van der Waals surface area contributed by atoms with Crippen molar-refractivity contribution >= 4 is 29.7 Å². The van der Waals surface area contributed by atoms with E-state index in [1.807, 2.05) is 0 Å². The Morgan fingerprint density at radius 3 is 2.70 bits per heavy atom. The lowest BCUT2D eigenvalue weighted by Crippen LogP contribution is -2.38. The second-order valence-electron chi connectivity index (χ2n) is 5.57. The summed E-state index contributed by atoms with van der Waals surface area (Å²) < 4.78 is 16.1. The first-order chi connectivity index (χ1) is 13.0. The smallest absolute Gasteiger partial charge is 0.271 e. The van der Waals surface area contributed by atoms with Gasteiger partial charge in [-0.3, -0.25) is 9.59 Å². The number of nitrogens with zero attached hydrogens (tertiary/aromatic N) is 3. The lowest BCUT2D eigenvalue weighted by Gasteiger charge is -2.27. The zero-order valence-corrected chi connectivity index (χ0v) is 15.2. The molecular formula is C17H17ClN4O5. The normalized spacial score (nSPS) is 13.9. The Labute approximate surface area is 160 Å². The van der Waals surface area contributed by atoms with E-state index in [1.165, 1.54) is 13.2 Å². The average Bonchev–Trinajstić information content (AvgIpc) is 2.70. The Morgan fingerprint density at radius 1 is 1.33 bits per heavy atom. The summed E-state index contributed by atoms with van der Waals surface area (Å²) in [5.41, 5.74) is 5.13. The molecule has 0 aliphatic carbocycles. The van der Waals surface area contributed by atoms with Gasteiger partial charge in [0.05, 0.1) is 25.3 Å². The third-order valence-corrected chi connectivity index (χ3v) is 4.18. The number of primary amides is 1. The van der Waals surface area contributed by atoms with Crippen molar-refractivity contribution in [2.45, 2.75) is 0 Å². The van der Waals surface area contributed by atoms with Crippen molar-refractivity contribution in [2.24, 2.45) is 5.73 Å². The Morgan fingerprint density at radius 2 is 2.07 bits per heavy atom.